The van der Waals surface area contributed by atoms with Crippen LogP contribution < -0.4 is 15.0 Å². The first-order chi connectivity index (χ1) is 13.8. The van der Waals surface area contributed by atoms with Crippen molar-refractivity contribution in [3.8, 4) is 11.5 Å². The Kier molecular flexibility index (Phi) is 5.15. The van der Waals surface area contributed by atoms with Gasteiger partial charge in [-0.25, -0.2) is 4.98 Å². The van der Waals surface area contributed by atoms with E-state index in [1.165, 1.54) is 0 Å². The van der Waals surface area contributed by atoms with Crippen molar-refractivity contribution in [1.29, 1.82) is 0 Å². The number of aromatic nitrogens is 2. The van der Waals surface area contributed by atoms with Gasteiger partial charge in [0.05, 0.1) is 0 Å². The summed E-state index contributed by atoms with van der Waals surface area (Å²) >= 11 is 0. The Morgan fingerprint density at radius 2 is 1.39 bits per heavy atom. The Labute approximate surface area is 164 Å². The molecule has 4 aromatic rings. The molecule has 0 radical (unpaired) electrons. The van der Waals surface area contributed by atoms with Crippen LogP contribution in [0.4, 0.5) is 23.1 Å². The average molecular weight is 368 g/mol. The predicted octanol–water partition coefficient (Wildman–Crippen LogP) is 5.78. The van der Waals surface area contributed by atoms with E-state index in [1.54, 1.807) is 6.20 Å². The molecule has 3 aromatic carbocycles. The van der Waals surface area contributed by atoms with Gasteiger partial charge in [-0.3, -0.25) is 0 Å². The van der Waals surface area contributed by atoms with Crippen molar-refractivity contribution >= 4 is 23.1 Å². The van der Waals surface area contributed by atoms with Gasteiger partial charge >= 0.3 is 0 Å². The normalized spacial score (nSPS) is 10.3. The summed E-state index contributed by atoms with van der Waals surface area (Å²) in [5.41, 5.74) is 1.95. The number of ether oxygens (including phenoxy) is 1. The van der Waals surface area contributed by atoms with Gasteiger partial charge in [0, 0.05) is 24.6 Å². The fourth-order valence-electron chi connectivity index (χ4n) is 2.74. The van der Waals surface area contributed by atoms with Crippen molar-refractivity contribution < 1.29 is 4.74 Å². The molecule has 0 aliphatic rings. The number of hydrogen-bond acceptors (Lipinski definition) is 5. The fraction of sp³-hybridized carbons (Fsp3) is 0.0435. The van der Waals surface area contributed by atoms with Gasteiger partial charge in [0.2, 0.25) is 5.95 Å². The third-order valence-electron chi connectivity index (χ3n) is 4.22. The van der Waals surface area contributed by atoms with E-state index in [1.807, 2.05) is 103 Å². The highest BCUT2D eigenvalue weighted by Crippen LogP contribution is 2.25. The number of nitrogens with one attached hydrogen (secondary N) is 1. The van der Waals surface area contributed by atoms with Gasteiger partial charge in [0.1, 0.15) is 17.3 Å². The van der Waals surface area contributed by atoms with Crippen molar-refractivity contribution in [3.63, 3.8) is 0 Å². The lowest BCUT2D eigenvalue weighted by Gasteiger charge is -2.18. The van der Waals surface area contributed by atoms with Crippen molar-refractivity contribution in [2.75, 3.05) is 17.3 Å². The minimum absolute atomic E-state index is 0.539. The van der Waals surface area contributed by atoms with Crippen LogP contribution in [0.15, 0.2) is 97.2 Å². The summed E-state index contributed by atoms with van der Waals surface area (Å²) in [7, 11) is 1.98. The molecule has 0 bridgehead atoms. The second-order valence-electron chi connectivity index (χ2n) is 6.20. The highest BCUT2D eigenvalue weighted by molar-refractivity contribution is 5.61. The van der Waals surface area contributed by atoms with Gasteiger partial charge in [0.25, 0.3) is 0 Å². The van der Waals surface area contributed by atoms with Crippen LogP contribution >= 0.6 is 0 Å². The fourth-order valence-corrected chi connectivity index (χ4v) is 2.74. The molecule has 5 heteroatoms. The number of benzene rings is 3. The van der Waals surface area contributed by atoms with Crippen molar-refractivity contribution in [2.24, 2.45) is 0 Å². The average Bonchev–Trinajstić information content (AvgIpc) is 2.76. The Morgan fingerprint density at radius 3 is 2.11 bits per heavy atom. The van der Waals surface area contributed by atoms with Gasteiger partial charge in [-0.05, 0) is 54.6 Å². The summed E-state index contributed by atoms with van der Waals surface area (Å²) < 4.78 is 5.82. The number of nitrogens with zero attached hydrogens (tertiary/aromatic N) is 3. The van der Waals surface area contributed by atoms with E-state index in [9.17, 15) is 0 Å². The number of rotatable bonds is 6. The van der Waals surface area contributed by atoms with E-state index in [0.717, 1.165) is 28.7 Å². The van der Waals surface area contributed by atoms with Crippen LogP contribution in [0.25, 0.3) is 0 Å². The van der Waals surface area contributed by atoms with Gasteiger partial charge < -0.3 is 15.0 Å². The third kappa shape index (κ3) is 4.27. The largest absolute Gasteiger partial charge is 0.457 e. The maximum Gasteiger partial charge on any atom is 0.229 e. The summed E-state index contributed by atoms with van der Waals surface area (Å²) in [6.45, 7) is 0. The zero-order chi connectivity index (χ0) is 19.2. The second kappa shape index (κ2) is 8.22. The first kappa shape index (κ1) is 17.5. The first-order valence-electron chi connectivity index (χ1n) is 9.00. The lowest BCUT2D eigenvalue weighted by molar-refractivity contribution is 0.483. The van der Waals surface area contributed by atoms with Crippen molar-refractivity contribution in [3.05, 3.63) is 97.2 Å². The summed E-state index contributed by atoms with van der Waals surface area (Å²) in [4.78, 5) is 10.9. The molecule has 0 unspecified atom stereocenters. The van der Waals surface area contributed by atoms with Crippen LogP contribution in [0.2, 0.25) is 0 Å². The molecule has 0 aliphatic heterocycles. The van der Waals surface area contributed by atoms with Crippen LogP contribution in [-0.4, -0.2) is 17.0 Å². The quantitative estimate of drug-likeness (QED) is 0.467. The van der Waals surface area contributed by atoms with Crippen LogP contribution in [-0.2, 0) is 0 Å². The molecule has 0 aliphatic carbocycles. The summed E-state index contributed by atoms with van der Waals surface area (Å²) in [5.74, 6) is 2.93. The van der Waals surface area contributed by atoms with Crippen molar-refractivity contribution in [2.45, 2.75) is 0 Å². The summed E-state index contributed by atoms with van der Waals surface area (Å²) in [6, 6.07) is 29.4. The smallest absolute Gasteiger partial charge is 0.229 e. The summed E-state index contributed by atoms with van der Waals surface area (Å²) in [5, 5.41) is 3.24. The number of para-hydroxylation sites is 2. The lowest BCUT2D eigenvalue weighted by Crippen LogP contribution is -2.12. The molecule has 1 N–H and O–H groups in total. The molecule has 0 saturated carbocycles. The molecule has 0 spiro atoms. The zero-order valence-corrected chi connectivity index (χ0v) is 15.5. The number of hydrogen-bond donors (Lipinski definition) is 1. The van der Waals surface area contributed by atoms with E-state index in [0.29, 0.717) is 5.95 Å². The van der Waals surface area contributed by atoms with E-state index < -0.39 is 0 Å². The molecule has 1 heterocycles. The maximum atomic E-state index is 5.82. The molecule has 138 valence electrons. The van der Waals surface area contributed by atoms with Crippen LogP contribution in [0.3, 0.4) is 0 Å². The van der Waals surface area contributed by atoms with Crippen LogP contribution in [0, 0.1) is 0 Å². The first-order valence-corrected chi connectivity index (χ1v) is 9.00. The molecular weight excluding hydrogens is 348 g/mol. The van der Waals surface area contributed by atoms with Gasteiger partial charge in [-0.15, -0.1) is 0 Å². The molecule has 28 heavy (non-hydrogen) atoms. The lowest BCUT2D eigenvalue weighted by atomic mass is 10.3. The standard InChI is InChI=1S/C23H20N4O/c1-27(19-8-4-2-5-9-19)22-16-17-24-23(26-22)25-18-12-14-21(15-13-18)28-20-10-6-3-7-11-20/h2-17H,1H3,(H,24,25,26). The van der Waals surface area contributed by atoms with Crippen LogP contribution in [0.1, 0.15) is 0 Å². The van der Waals surface area contributed by atoms with E-state index >= 15 is 0 Å². The molecule has 0 fully saturated rings. The van der Waals surface area contributed by atoms with Gasteiger partial charge in [-0.2, -0.15) is 4.98 Å². The minimum atomic E-state index is 0.539. The van der Waals surface area contributed by atoms with Crippen LogP contribution in [0.5, 0.6) is 11.5 Å². The Hall–Kier alpha value is -3.86. The molecule has 4 rings (SSSR count). The van der Waals surface area contributed by atoms with Gasteiger partial charge in [0.15, 0.2) is 0 Å². The monoisotopic (exact) mass is 368 g/mol. The van der Waals surface area contributed by atoms with Gasteiger partial charge in [-0.1, -0.05) is 36.4 Å². The topological polar surface area (TPSA) is 50.3 Å². The molecule has 0 amide bonds. The number of anilines is 4. The van der Waals surface area contributed by atoms with E-state index in [4.69, 9.17) is 4.74 Å². The minimum Gasteiger partial charge on any atom is -0.457 e. The zero-order valence-electron chi connectivity index (χ0n) is 15.5. The molecule has 1 aromatic heterocycles. The third-order valence-corrected chi connectivity index (χ3v) is 4.22. The highest BCUT2D eigenvalue weighted by Gasteiger charge is 2.07. The van der Waals surface area contributed by atoms with Crippen molar-refractivity contribution in [1.82, 2.24) is 9.97 Å². The Balaban J connectivity index is 1.46. The second-order valence-corrected chi connectivity index (χ2v) is 6.20. The Bertz CT molecular complexity index is 1020. The molecular formula is C23H20N4O. The molecule has 0 atom stereocenters. The SMILES string of the molecule is CN(c1ccccc1)c1ccnc(Nc2ccc(Oc3ccccc3)cc2)n1. The van der Waals surface area contributed by atoms with E-state index in [2.05, 4.69) is 15.3 Å². The molecule has 5 nitrogen and oxygen atoms in total. The molecule has 0 saturated heterocycles. The van der Waals surface area contributed by atoms with E-state index in [-0.39, 0.29) is 0 Å². The highest BCUT2D eigenvalue weighted by atomic mass is 16.5. The maximum absolute atomic E-state index is 5.82. The Morgan fingerprint density at radius 1 is 0.750 bits per heavy atom. The predicted molar refractivity (Wildman–Crippen MR) is 113 cm³/mol. The summed E-state index contributed by atoms with van der Waals surface area (Å²) in [6.07, 6.45) is 1.75.